The highest BCUT2D eigenvalue weighted by Crippen LogP contribution is 2.32. The summed E-state index contributed by atoms with van der Waals surface area (Å²) >= 11 is 12.6. The molecule has 208 valence electrons. The zero-order valence-electron chi connectivity index (χ0n) is 22.1. The van der Waals surface area contributed by atoms with Crippen LogP contribution in [0.15, 0.2) is 88.9 Å². The Balaban J connectivity index is 1.59. The molecular formula is C29H28Cl2N4O4S. The van der Waals surface area contributed by atoms with Gasteiger partial charge in [0.05, 0.1) is 34.1 Å². The summed E-state index contributed by atoms with van der Waals surface area (Å²) in [7, 11) is -4.10. The third-order valence-corrected chi connectivity index (χ3v) is 8.39. The van der Waals surface area contributed by atoms with Gasteiger partial charge in [0.25, 0.3) is 15.9 Å². The maximum Gasteiger partial charge on any atom is 0.264 e. The third-order valence-electron chi connectivity index (χ3n) is 6.06. The number of benzene rings is 3. The van der Waals surface area contributed by atoms with Crippen molar-refractivity contribution in [1.82, 2.24) is 9.99 Å². The van der Waals surface area contributed by atoms with Gasteiger partial charge in [0, 0.05) is 22.0 Å². The van der Waals surface area contributed by atoms with Gasteiger partial charge >= 0.3 is 0 Å². The van der Waals surface area contributed by atoms with Gasteiger partial charge in [-0.05, 0) is 69.3 Å². The Hall–Kier alpha value is -3.79. The van der Waals surface area contributed by atoms with Crippen molar-refractivity contribution in [2.24, 2.45) is 5.10 Å². The number of carbonyl (C=O) groups excluding carboxylic acids is 1. The molecule has 1 amide bonds. The predicted octanol–water partition coefficient (Wildman–Crippen LogP) is 6.15. The molecule has 4 rings (SSSR count). The predicted molar refractivity (Wildman–Crippen MR) is 160 cm³/mol. The van der Waals surface area contributed by atoms with E-state index in [-0.39, 0.29) is 10.6 Å². The number of hydrazone groups is 1. The number of amides is 1. The summed E-state index contributed by atoms with van der Waals surface area (Å²) in [5, 5.41) is 5.19. The van der Waals surface area contributed by atoms with Crippen LogP contribution in [0, 0.1) is 13.8 Å². The maximum absolute atomic E-state index is 13.6. The van der Waals surface area contributed by atoms with Crippen LogP contribution in [0.5, 0.6) is 5.75 Å². The van der Waals surface area contributed by atoms with E-state index in [1.165, 1.54) is 18.3 Å². The second kappa shape index (κ2) is 12.6. The van der Waals surface area contributed by atoms with Crippen LogP contribution in [0.3, 0.4) is 0 Å². The number of aryl methyl sites for hydroxylation is 1. The molecule has 1 aromatic heterocycles. The second-order valence-electron chi connectivity index (χ2n) is 8.78. The van der Waals surface area contributed by atoms with Crippen LogP contribution >= 0.6 is 23.2 Å². The Kier molecular flexibility index (Phi) is 9.19. The molecule has 11 heteroatoms. The van der Waals surface area contributed by atoms with E-state index in [0.717, 1.165) is 26.9 Å². The van der Waals surface area contributed by atoms with Gasteiger partial charge in [-0.25, -0.2) is 13.8 Å². The molecule has 1 N–H and O–H groups in total. The molecule has 0 saturated heterocycles. The number of para-hydroxylation sites is 2. The Morgan fingerprint density at radius 2 is 1.73 bits per heavy atom. The van der Waals surface area contributed by atoms with Crippen molar-refractivity contribution in [3.8, 4) is 11.4 Å². The zero-order chi connectivity index (χ0) is 28.9. The van der Waals surface area contributed by atoms with E-state index in [4.69, 9.17) is 27.9 Å². The van der Waals surface area contributed by atoms with Gasteiger partial charge in [0.2, 0.25) is 0 Å². The molecule has 0 unspecified atom stereocenters. The summed E-state index contributed by atoms with van der Waals surface area (Å²) in [6.07, 6.45) is 1.50. The first kappa shape index (κ1) is 29.2. The van der Waals surface area contributed by atoms with Crippen molar-refractivity contribution in [2.75, 3.05) is 17.5 Å². The number of ether oxygens (including phenoxy) is 1. The van der Waals surface area contributed by atoms with Crippen LogP contribution in [0.1, 0.15) is 23.9 Å². The van der Waals surface area contributed by atoms with E-state index < -0.39 is 22.5 Å². The van der Waals surface area contributed by atoms with Crippen LogP contribution in [-0.2, 0) is 14.8 Å². The van der Waals surface area contributed by atoms with Crippen LogP contribution in [0.25, 0.3) is 5.69 Å². The Morgan fingerprint density at radius 1 is 1.02 bits per heavy atom. The van der Waals surface area contributed by atoms with E-state index in [1.807, 2.05) is 24.5 Å². The lowest BCUT2D eigenvalue weighted by Gasteiger charge is -2.25. The van der Waals surface area contributed by atoms with Gasteiger partial charge in [-0.2, -0.15) is 5.10 Å². The summed E-state index contributed by atoms with van der Waals surface area (Å²) in [6.45, 7) is 5.42. The van der Waals surface area contributed by atoms with Crippen molar-refractivity contribution in [3.63, 3.8) is 0 Å². The fourth-order valence-corrected chi connectivity index (χ4v) is 6.07. The third kappa shape index (κ3) is 6.33. The van der Waals surface area contributed by atoms with Crippen molar-refractivity contribution in [2.45, 2.75) is 25.7 Å². The van der Waals surface area contributed by atoms with Crippen LogP contribution in [0.4, 0.5) is 5.69 Å². The van der Waals surface area contributed by atoms with Crippen molar-refractivity contribution < 1.29 is 17.9 Å². The normalized spacial score (nSPS) is 11.5. The molecule has 40 heavy (non-hydrogen) atoms. The number of hydrogen-bond acceptors (Lipinski definition) is 5. The first-order chi connectivity index (χ1) is 19.1. The summed E-state index contributed by atoms with van der Waals surface area (Å²) < 4.78 is 35.9. The van der Waals surface area contributed by atoms with E-state index in [9.17, 15) is 13.2 Å². The summed E-state index contributed by atoms with van der Waals surface area (Å²) in [6, 6.07) is 21.7. The largest absolute Gasteiger partial charge is 0.492 e. The number of nitrogens with one attached hydrogen (secondary N) is 1. The van der Waals surface area contributed by atoms with Gasteiger partial charge in [-0.15, -0.1) is 0 Å². The fraction of sp³-hybridized carbons (Fsp3) is 0.172. The number of anilines is 1. The number of aromatic nitrogens is 1. The first-order valence-corrected chi connectivity index (χ1v) is 14.6. The van der Waals surface area contributed by atoms with Gasteiger partial charge in [0.15, 0.2) is 0 Å². The molecular weight excluding hydrogens is 571 g/mol. The summed E-state index contributed by atoms with van der Waals surface area (Å²) in [5.74, 6) is -0.290. The number of carbonyl (C=O) groups is 1. The highest BCUT2D eigenvalue weighted by Gasteiger charge is 2.29. The second-order valence-corrected chi connectivity index (χ2v) is 11.5. The summed E-state index contributed by atoms with van der Waals surface area (Å²) in [5.41, 5.74) is 5.88. The molecule has 4 aromatic rings. The number of sulfonamides is 1. The topological polar surface area (TPSA) is 93.0 Å². The van der Waals surface area contributed by atoms with E-state index in [1.54, 1.807) is 67.6 Å². The Morgan fingerprint density at radius 3 is 2.45 bits per heavy atom. The average molecular weight is 600 g/mol. The average Bonchev–Trinajstić information content (AvgIpc) is 3.22. The molecule has 0 bridgehead atoms. The quantitative estimate of drug-likeness (QED) is 0.175. The highest BCUT2D eigenvalue weighted by atomic mass is 35.5. The standard InChI is InChI=1S/C29H28Cl2N4O4S/c1-4-39-28-13-9-8-12-26(28)34(40(37,38)24-10-6-5-7-11-24)19-29(36)33-32-18-22-16-20(2)35(21(22)3)27-17-23(30)14-15-25(27)31/h5-18H,4,19H2,1-3H3,(H,33,36)/b32-18-. The number of halogens is 2. The molecule has 0 aliphatic rings. The lowest BCUT2D eigenvalue weighted by atomic mass is 10.2. The molecule has 0 fully saturated rings. The van der Waals surface area contributed by atoms with Crippen molar-refractivity contribution in [3.05, 3.63) is 106 Å². The minimum atomic E-state index is -4.10. The molecule has 1 heterocycles. The minimum Gasteiger partial charge on any atom is -0.492 e. The van der Waals surface area contributed by atoms with Gasteiger partial charge in [0.1, 0.15) is 12.3 Å². The van der Waals surface area contributed by atoms with Gasteiger partial charge in [-0.3, -0.25) is 9.10 Å². The zero-order valence-corrected chi connectivity index (χ0v) is 24.5. The number of rotatable bonds is 10. The van der Waals surface area contributed by atoms with Crippen molar-refractivity contribution in [1.29, 1.82) is 0 Å². The molecule has 0 saturated carbocycles. The van der Waals surface area contributed by atoms with Crippen LogP contribution in [-0.4, -0.2) is 38.3 Å². The lowest BCUT2D eigenvalue weighted by molar-refractivity contribution is -0.119. The molecule has 3 aromatic carbocycles. The molecule has 8 nitrogen and oxygen atoms in total. The number of hydrogen-bond donors (Lipinski definition) is 1. The van der Waals surface area contributed by atoms with Gasteiger partial charge < -0.3 is 9.30 Å². The van der Waals surface area contributed by atoms with E-state index >= 15 is 0 Å². The SMILES string of the molecule is CCOc1ccccc1N(CC(=O)N/N=C\c1cc(C)n(-c2cc(Cl)ccc2Cl)c1C)S(=O)(=O)c1ccccc1. The van der Waals surface area contributed by atoms with Crippen molar-refractivity contribution >= 4 is 51.0 Å². The van der Waals surface area contributed by atoms with Crippen LogP contribution < -0.4 is 14.5 Å². The van der Waals surface area contributed by atoms with Gasteiger partial charge in [-0.1, -0.05) is 53.5 Å². The minimum absolute atomic E-state index is 0.0460. The molecule has 0 aliphatic heterocycles. The monoisotopic (exact) mass is 598 g/mol. The molecule has 0 aliphatic carbocycles. The number of nitrogens with zero attached hydrogens (tertiary/aromatic N) is 3. The Bertz CT molecular complexity index is 1650. The smallest absolute Gasteiger partial charge is 0.264 e. The lowest BCUT2D eigenvalue weighted by Crippen LogP contribution is -2.39. The van der Waals surface area contributed by atoms with E-state index in [2.05, 4.69) is 10.5 Å². The Labute approximate surface area is 243 Å². The fourth-order valence-electron chi connectivity index (χ4n) is 4.25. The molecule has 0 radical (unpaired) electrons. The molecule has 0 atom stereocenters. The highest BCUT2D eigenvalue weighted by molar-refractivity contribution is 7.92. The van der Waals surface area contributed by atoms with Crippen LogP contribution in [0.2, 0.25) is 10.0 Å². The summed E-state index contributed by atoms with van der Waals surface area (Å²) in [4.78, 5) is 13.1. The maximum atomic E-state index is 13.6. The van der Waals surface area contributed by atoms with E-state index in [0.29, 0.717) is 22.4 Å². The molecule has 0 spiro atoms. The first-order valence-electron chi connectivity index (χ1n) is 12.4.